The van der Waals surface area contributed by atoms with E-state index in [0.717, 1.165) is 6.26 Å². The number of anilines is 1. The molecule has 0 aliphatic heterocycles. The van der Waals surface area contributed by atoms with E-state index in [4.69, 9.17) is 9.15 Å². The smallest absolute Gasteiger partial charge is 0.342 e. The molecule has 1 N–H and O–H groups in total. The molecule has 8 heteroatoms. The van der Waals surface area contributed by atoms with Gasteiger partial charge in [0.2, 0.25) is 10.0 Å². The van der Waals surface area contributed by atoms with Crippen LogP contribution in [0.3, 0.4) is 0 Å². The van der Waals surface area contributed by atoms with E-state index in [0.29, 0.717) is 16.7 Å². The highest BCUT2D eigenvalue weighted by atomic mass is 32.2. The van der Waals surface area contributed by atoms with E-state index in [1.807, 2.05) is 6.07 Å². The highest BCUT2D eigenvalue weighted by molar-refractivity contribution is 7.92. The maximum Gasteiger partial charge on any atom is 0.342 e. The lowest BCUT2D eigenvalue weighted by Gasteiger charge is -2.09. The van der Waals surface area contributed by atoms with Crippen molar-refractivity contribution in [3.05, 3.63) is 53.6 Å². The van der Waals surface area contributed by atoms with Crippen LogP contribution in [0.2, 0.25) is 0 Å². The predicted octanol–water partition coefficient (Wildman–Crippen LogP) is 3.85. The van der Waals surface area contributed by atoms with Crippen LogP contribution in [0.4, 0.5) is 5.69 Å². The number of hydrogen-bond acceptors (Lipinski definition) is 6. The zero-order valence-corrected chi connectivity index (χ0v) is 16.4. The van der Waals surface area contributed by atoms with Crippen molar-refractivity contribution in [3.8, 4) is 11.3 Å². The van der Waals surface area contributed by atoms with Gasteiger partial charge in [-0.3, -0.25) is 9.52 Å². The van der Waals surface area contributed by atoms with Crippen LogP contribution in [-0.4, -0.2) is 33.0 Å². The Morgan fingerprint density at radius 1 is 1.14 bits per heavy atom. The molecule has 146 valence electrons. The maximum atomic E-state index is 12.6. The molecular formula is C20H19NO6S. The molecule has 28 heavy (non-hydrogen) atoms. The number of ether oxygens (including phenoxy) is 1. The Hall–Kier alpha value is -3.13. The third-order valence-corrected chi connectivity index (χ3v) is 4.61. The number of carbonyl (C=O) groups excluding carboxylic acids is 2. The summed E-state index contributed by atoms with van der Waals surface area (Å²) in [5.74, 6) is -0.649. The minimum absolute atomic E-state index is 0.0891. The Balaban J connectivity index is 2.34. The SMILES string of the molecule is CCOC(=O)c1c(-c2ccccc2)oc2cc(NS(C)(=O)=O)c(C(C)=O)cc12. The highest BCUT2D eigenvalue weighted by Crippen LogP contribution is 2.37. The fourth-order valence-corrected chi connectivity index (χ4v) is 3.49. The first kappa shape index (κ1) is 19.6. The Morgan fingerprint density at radius 3 is 2.39 bits per heavy atom. The van der Waals surface area contributed by atoms with Crippen molar-refractivity contribution in [2.24, 2.45) is 0 Å². The van der Waals surface area contributed by atoms with Crippen molar-refractivity contribution in [1.29, 1.82) is 0 Å². The minimum atomic E-state index is -3.62. The summed E-state index contributed by atoms with van der Waals surface area (Å²) < 4.78 is 36.7. The summed E-state index contributed by atoms with van der Waals surface area (Å²) in [4.78, 5) is 24.7. The van der Waals surface area contributed by atoms with E-state index in [1.165, 1.54) is 19.1 Å². The van der Waals surface area contributed by atoms with Gasteiger partial charge in [-0.2, -0.15) is 0 Å². The van der Waals surface area contributed by atoms with Crippen molar-refractivity contribution in [3.63, 3.8) is 0 Å². The summed E-state index contributed by atoms with van der Waals surface area (Å²) in [6.07, 6.45) is 0.989. The van der Waals surface area contributed by atoms with Gasteiger partial charge >= 0.3 is 5.97 Å². The molecule has 0 bridgehead atoms. The van der Waals surface area contributed by atoms with E-state index in [-0.39, 0.29) is 34.8 Å². The van der Waals surface area contributed by atoms with Crippen molar-refractivity contribution in [1.82, 2.24) is 0 Å². The fraction of sp³-hybridized carbons (Fsp3) is 0.200. The molecule has 0 aliphatic rings. The molecule has 0 unspecified atom stereocenters. The number of carbonyl (C=O) groups is 2. The van der Waals surface area contributed by atoms with Crippen LogP contribution in [0.25, 0.3) is 22.3 Å². The maximum absolute atomic E-state index is 12.6. The van der Waals surface area contributed by atoms with Gasteiger partial charge in [-0.1, -0.05) is 30.3 Å². The van der Waals surface area contributed by atoms with E-state index < -0.39 is 16.0 Å². The van der Waals surface area contributed by atoms with Gasteiger partial charge in [0.25, 0.3) is 0 Å². The summed E-state index contributed by atoms with van der Waals surface area (Å²) in [6.45, 7) is 3.18. The number of fused-ring (bicyclic) bond motifs is 1. The fourth-order valence-electron chi connectivity index (χ4n) is 2.92. The molecule has 0 radical (unpaired) electrons. The van der Waals surface area contributed by atoms with E-state index in [2.05, 4.69) is 4.72 Å². The van der Waals surface area contributed by atoms with Gasteiger partial charge < -0.3 is 9.15 Å². The van der Waals surface area contributed by atoms with Gasteiger partial charge in [0.05, 0.1) is 18.6 Å². The Kier molecular flexibility index (Phi) is 5.24. The second-order valence-corrected chi connectivity index (χ2v) is 7.97. The summed E-state index contributed by atoms with van der Waals surface area (Å²) in [5, 5.41) is 0.376. The van der Waals surface area contributed by atoms with E-state index in [1.54, 1.807) is 31.2 Å². The quantitative estimate of drug-likeness (QED) is 0.497. The number of hydrogen-bond donors (Lipinski definition) is 1. The van der Waals surface area contributed by atoms with Crippen molar-refractivity contribution in [2.45, 2.75) is 13.8 Å². The van der Waals surface area contributed by atoms with Crippen LogP contribution >= 0.6 is 0 Å². The monoisotopic (exact) mass is 401 g/mol. The number of esters is 1. The average molecular weight is 401 g/mol. The molecule has 0 saturated carbocycles. The highest BCUT2D eigenvalue weighted by Gasteiger charge is 2.25. The summed E-state index contributed by atoms with van der Waals surface area (Å²) >= 11 is 0. The summed E-state index contributed by atoms with van der Waals surface area (Å²) in [7, 11) is -3.62. The molecule has 0 atom stereocenters. The number of rotatable bonds is 6. The lowest BCUT2D eigenvalue weighted by atomic mass is 10.0. The van der Waals surface area contributed by atoms with Crippen molar-refractivity contribution in [2.75, 3.05) is 17.6 Å². The standard InChI is InChI=1S/C20H19NO6S/c1-4-26-20(23)18-15-10-14(12(2)22)16(21-28(3,24)25)11-17(15)27-19(18)13-8-6-5-7-9-13/h5-11,21H,4H2,1-3H3. The molecule has 0 amide bonds. The van der Waals surface area contributed by atoms with Crippen LogP contribution < -0.4 is 4.72 Å². The van der Waals surface area contributed by atoms with Gasteiger partial charge in [0.15, 0.2) is 5.78 Å². The number of sulfonamides is 1. The zero-order chi connectivity index (χ0) is 20.5. The lowest BCUT2D eigenvalue weighted by Crippen LogP contribution is -2.12. The number of benzene rings is 2. The molecule has 3 aromatic rings. The summed E-state index contributed by atoms with van der Waals surface area (Å²) in [5.41, 5.74) is 1.33. The molecule has 0 fully saturated rings. The first-order valence-electron chi connectivity index (χ1n) is 8.53. The predicted molar refractivity (Wildman–Crippen MR) is 106 cm³/mol. The second kappa shape index (κ2) is 7.47. The number of ketones is 1. The van der Waals surface area contributed by atoms with E-state index in [9.17, 15) is 18.0 Å². The van der Waals surface area contributed by atoms with Gasteiger partial charge in [0, 0.05) is 22.6 Å². The van der Waals surface area contributed by atoms with Crippen molar-refractivity contribution < 1.29 is 27.2 Å². The molecule has 2 aromatic carbocycles. The van der Waals surface area contributed by atoms with Gasteiger partial charge in [-0.15, -0.1) is 0 Å². The van der Waals surface area contributed by atoms with Crippen LogP contribution in [0, 0.1) is 0 Å². The molecule has 0 spiro atoms. The molecular weight excluding hydrogens is 382 g/mol. The van der Waals surface area contributed by atoms with Crippen LogP contribution in [-0.2, 0) is 14.8 Å². The third-order valence-electron chi connectivity index (χ3n) is 4.02. The van der Waals surface area contributed by atoms with Gasteiger partial charge in [-0.05, 0) is 19.9 Å². The molecule has 3 rings (SSSR count). The second-order valence-electron chi connectivity index (χ2n) is 6.22. The lowest BCUT2D eigenvalue weighted by molar-refractivity contribution is 0.0528. The number of nitrogens with one attached hydrogen (secondary N) is 1. The molecule has 7 nitrogen and oxygen atoms in total. The van der Waals surface area contributed by atoms with Crippen LogP contribution in [0.1, 0.15) is 34.6 Å². The Labute approximate surface area is 162 Å². The largest absolute Gasteiger partial charge is 0.462 e. The van der Waals surface area contributed by atoms with E-state index >= 15 is 0 Å². The summed E-state index contributed by atoms with van der Waals surface area (Å²) in [6, 6.07) is 11.8. The Morgan fingerprint density at radius 2 is 1.82 bits per heavy atom. The first-order chi connectivity index (χ1) is 13.2. The zero-order valence-electron chi connectivity index (χ0n) is 15.6. The van der Waals surface area contributed by atoms with Crippen LogP contribution in [0.5, 0.6) is 0 Å². The molecule has 1 heterocycles. The molecule has 0 aliphatic carbocycles. The normalized spacial score (nSPS) is 11.4. The average Bonchev–Trinajstić information content (AvgIpc) is 2.99. The topological polar surface area (TPSA) is 103 Å². The molecule has 0 saturated heterocycles. The first-order valence-corrected chi connectivity index (χ1v) is 10.4. The third kappa shape index (κ3) is 3.91. The number of Topliss-reactive ketones (excluding diaryl/α,β-unsaturated/α-hetero) is 1. The molecule has 1 aromatic heterocycles. The van der Waals surface area contributed by atoms with Gasteiger partial charge in [0.1, 0.15) is 16.9 Å². The van der Waals surface area contributed by atoms with Crippen LogP contribution in [0.15, 0.2) is 46.9 Å². The minimum Gasteiger partial charge on any atom is -0.462 e. The van der Waals surface area contributed by atoms with Gasteiger partial charge in [-0.25, -0.2) is 13.2 Å². The Bertz CT molecular complexity index is 1160. The number of furan rings is 1. The van der Waals surface area contributed by atoms with Crippen molar-refractivity contribution >= 4 is 38.4 Å².